The summed E-state index contributed by atoms with van der Waals surface area (Å²) < 4.78 is 5.41. The highest BCUT2D eigenvalue weighted by Gasteiger charge is 2.06. The zero-order valence-corrected chi connectivity index (χ0v) is 11.4. The first kappa shape index (κ1) is 14.0. The van der Waals surface area contributed by atoms with E-state index in [4.69, 9.17) is 4.74 Å². The van der Waals surface area contributed by atoms with Gasteiger partial charge in [-0.15, -0.1) is 0 Å². The van der Waals surface area contributed by atoms with Gasteiger partial charge in [-0.25, -0.2) is 0 Å². The fourth-order valence-corrected chi connectivity index (χ4v) is 1.85. The first-order chi connectivity index (χ1) is 8.21. The van der Waals surface area contributed by atoms with Crippen LogP contribution in [0.4, 0.5) is 0 Å². The molecule has 0 heterocycles. The Balaban J connectivity index is 2.72. The highest BCUT2D eigenvalue weighted by Crippen LogP contribution is 2.21. The maximum absolute atomic E-state index is 5.41. The van der Waals surface area contributed by atoms with Crippen molar-refractivity contribution in [3.8, 4) is 5.75 Å². The predicted octanol–water partition coefficient (Wildman–Crippen LogP) is 1.91. The van der Waals surface area contributed by atoms with E-state index in [1.54, 1.807) is 7.11 Å². The number of hydrogen-bond donors (Lipinski definition) is 1. The number of methoxy groups -OCH3 is 1. The molecule has 1 aromatic rings. The Labute approximate surface area is 105 Å². The van der Waals surface area contributed by atoms with Gasteiger partial charge in [0.15, 0.2) is 0 Å². The van der Waals surface area contributed by atoms with Gasteiger partial charge in [0, 0.05) is 25.2 Å². The molecular formula is C14H24N2O. The summed E-state index contributed by atoms with van der Waals surface area (Å²) in [5.74, 6) is 0.985. The Morgan fingerprint density at radius 2 is 2.12 bits per heavy atom. The van der Waals surface area contributed by atoms with E-state index in [0.29, 0.717) is 0 Å². The van der Waals surface area contributed by atoms with Crippen molar-refractivity contribution < 1.29 is 4.74 Å². The van der Waals surface area contributed by atoms with Crippen LogP contribution in [0.2, 0.25) is 0 Å². The highest BCUT2D eigenvalue weighted by atomic mass is 16.5. The number of ether oxygens (including phenoxy) is 1. The molecule has 0 fully saturated rings. The summed E-state index contributed by atoms with van der Waals surface area (Å²) in [5.41, 5.74) is 2.63. The molecule has 0 aromatic heterocycles. The topological polar surface area (TPSA) is 24.5 Å². The van der Waals surface area contributed by atoms with Crippen molar-refractivity contribution in [1.82, 2.24) is 10.2 Å². The molecule has 0 aliphatic heterocycles. The fraction of sp³-hybridized carbons (Fsp3) is 0.571. The maximum Gasteiger partial charge on any atom is 0.123 e. The van der Waals surface area contributed by atoms with Crippen LogP contribution in [0.1, 0.15) is 18.1 Å². The molecule has 0 radical (unpaired) electrons. The molecule has 1 N–H and O–H groups in total. The van der Waals surface area contributed by atoms with Gasteiger partial charge < -0.3 is 15.0 Å². The molecule has 96 valence electrons. The number of rotatable bonds is 7. The molecule has 0 atom stereocenters. The van der Waals surface area contributed by atoms with Gasteiger partial charge in [-0.1, -0.05) is 19.1 Å². The summed E-state index contributed by atoms with van der Waals surface area (Å²) in [7, 11) is 5.85. The van der Waals surface area contributed by atoms with Gasteiger partial charge in [0.25, 0.3) is 0 Å². The standard InChI is InChI=1S/C14H24N2O/c1-5-12-6-7-14(17-4)13(10-12)11-16(3)9-8-15-2/h6-7,10,15H,5,8-9,11H2,1-4H3. The number of benzene rings is 1. The number of likely N-dealkylation sites (N-methyl/N-ethyl adjacent to an activating group) is 2. The molecular weight excluding hydrogens is 212 g/mol. The molecule has 0 aliphatic rings. The lowest BCUT2D eigenvalue weighted by Crippen LogP contribution is -2.27. The van der Waals surface area contributed by atoms with E-state index in [2.05, 4.69) is 42.4 Å². The van der Waals surface area contributed by atoms with Crippen molar-refractivity contribution in [2.75, 3.05) is 34.3 Å². The highest BCUT2D eigenvalue weighted by molar-refractivity contribution is 5.37. The largest absolute Gasteiger partial charge is 0.496 e. The monoisotopic (exact) mass is 236 g/mol. The third-order valence-corrected chi connectivity index (χ3v) is 2.94. The van der Waals surface area contributed by atoms with E-state index in [0.717, 1.165) is 31.8 Å². The first-order valence-electron chi connectivity index (χ1n) is 6.20. The quantitative estimate of drug-likeness (QED) is 0.782. The fourth-order valence-electron chi connectivity index (χ4n) is 1.85. The van der Waals surface area contributed by atoms with Crippen LogP contribution < -0.4 is 10.1 Å². The second-order valence-corrected chi connectivity index (χ2v) is 4.34. The van der Waals surface area contributed by atoms with E-state index in [-0.39, 0.29) is 0 Å². The molecule has 3 nitrogen and oxygen atoms in total. The molecule has 0 saturated carbocycles. The van der Waals surface area contributed by atoms with Crippen molar-refractivity contribution in [2.24, 2.45) is 0 Å². The Hall–Kier alpha value is -1.06. The first-order valence-corrected chi connectivity index (χ1v) is 6.20. The van der Waals surface area contributed by atoms with Gasteiger partial charge in [-0.05, 0) is 32.1 Å². The summed E-state index contributed by atoms with van der Waals surface area (Å²) in [4.78, 5) is 2.30. The van der Waals surface area contributed by atoms with Crippen LogP contribution in [0.5, 0.6) is 5.75 Å². The van der Waals surface area contributed by atoms with Crippen molar-refractivity contribution in [1.29, 1.82) is 0 Å². The number of aryl methyl sites for hydroxylation is 1. The molecule has 0 spiro atoms. The number of nitrogens with one attached hydrogen (secondary N) is 1. The lowest BCUT2D eigenvalue weighted by molar-refractivity contribution is 0.318. The third kappa shape index (κ3) is 4.36. The van der Waals surface area contributed by atoms with Crippen LogP contribution in [-0.4, -0.2) is 39.2 Å². The van der Waals surface area contributed by atoms with Crippen LogP contribution in [0, 0.1) is 0 Å². The Bertz CT molecular complexity index is 339. The predicted molar refractivity (Wildman–Crippen MR) is 72.6 cm³/mol. The van der Waals surface area contributed by atoms with Crippen molar-refractivity contribution >= 4 is 0 Å². The van der Waals surface area contributed by atoms with Crippen LogP contribution in [-0.2, 0) is 13.0 Å². The Morgan fingerprint density at radius 3 is 2.71 bits per heavy atom. The van der Waals surface area contributed by atoms with Gasteiger partial charge in [0.2, 0.25) is 0 Å². The molecule has 3 heteroatoms. The molecule has 0 saturated heterocycles. The number of nitrogens with zero attached hydrogens (tertiary/aromatic N) is 1. The normalized spacial score (nSPS) is 10.9. The smallest absolute Gasteiger partial charge is 0.123 e. The molecule has 0 unspecified atom stereocenters. The van der Waals surface area contributed by atoms with Gasteiger partial charge in [0.1, 0.15) is 5.75 Å². The lowest BCUT2D eigenvalue weighted by Gasteiger charge is -2.18. The van der Waals surface area contributed by atoms with Crippen LogP contribution in [0.15, 0.2) is 18.2 Å². The number of hydrogen-bond acceptors (Lipinski definition) is 3. The second-order valence-electron chi connectivity index (χ2n) is 4.34. The third-order valence-electron chi connectivity index (χ3n) is 2.94. The van der Waals surface area contributed by atoms with Gasteiger partial charge in [-0.2, -0.15) is 0 Å². The molecule has 0 bridgehead atoms. The van der Waals surface area contributed by atoms with Crippen LogP contribution in [0.3, 0.4) is 0 Å². The van der Waals surface area contributed by atoms with Gasteiger partial charge >= 0.3 is 0 Å². The van der Waals surface area contributed by atoms with E-state index >= 15 is 0 Å². The Morgan fingerprint density at radius 1 is 1.35 bits per heavy atom. The maximum atomic E-state index is 5.41. The Kier molecular flexibility index (Phi) is 6.01. The zero-order chi connectivity index (χ0) is 12.7. The van der Waals surface area contributed by atoms with Crippen molar-refractivity contribution in [3.63, 3.8) is 0 Å². The van der Waals surface area contributed by atoms with Crippen LogP contribution in [0.25, 0.3) is 0 Å². The summed E-state index contributed by atoms with van der Waals surface area (Å²) >= 11 is 0. The molecule has 0 aliphatic carbocycles. The summed E-state index contributed by atoms with van der Waals surface area (Å²) in [6, 6.07) is 6.45. The molecule has 0 amide bonds. The average Bonchev–Trinajstić information content (AvgIpc) is 2.36. The van der Waals surface area contributed by atoms with E-state index in [1.165, 1.54) is 11.1 Å². The minimum atomic E-state index is 0.929. The van der Waals surface area contributed by atoms with Gasteiger partial charge in [-0.3, -0.25) is 0 Å². The van der Waals surface area contributed by atoms with Crippen molar-refractivity contribution in [3.05, 3.63) is 29.3 Å². The SMILES string of the molecule is CCc1ccc(OC)c(CN(C)CCNC)c1. The molecule has 17 heavy (non-hydrogen) atoms. The van der Waals surface area contributed by atoms with E-state index in [9.17, 15) is 0 Å². The van der Waals surface area contributed by atoms with Gasteiger partial charge in [0.05, 0.1) is 7.11 Å². The second kappa shape index (κ2) is 7.30. The van der Waals surface area contributed by atoms with Crippen LogP contribution >= 0.6 is 0 Å². The summed E-state index contributed by atoms with van der Waals surface area (Å²) in [6.07, 6.45) is 1.07. The lowest BCUT2D eigenvalue weighted by atomic mass is 10.1. The summed E-state index contributed by atoms with van der Waals surface area (Å²) in [5, 5.41) is 3.16. The minimum absolute atomic E-state index is 0.929. The van der Waals surface area contributed by atoms with E-state index < -0.39 is 0 Å². The summed E-state index contributed by atoms with van der Waals surface area (Å²) in [6.45, 7) is 5.15. The molecule has 1 rings (SSSR count). The average molecular weight is 236 g/mol. The zero-order valence-electron chi connectivity index (χ0n) is 11.4. The minimum Gasteiger partial charge on any atom is -0.496 e. The van der Waals surface area contributed by atoms with Crippen molar-refractivity contribution in [2.45, 2.75) is 19.9 Å². The van der Waals surface area contributed by atoms with E-state index in [1.807, 2.05) is 7.05 Å². The molecule has 1 aromatic carbocycles.